The zero-order valence-corrected chi connectivity index (χ0v) is 13.6. The number of hydrogen-bond donors (Lipinski definition) is 1. The number of carboxylic acids is 1. The average molecular weight is 344 g/mol. The summed E-state index contributed by atoms with van der Waals surface area (Å²) in [5.74, 6) is -1.60. The van der Waals surface area contributed by atoms with Crippen LogP contribution in [0.25, 0.3) is 5.69 Å². The molecular weight excluding hydrogens is 327 g/mol. The lowest BCUT2D eigenvalue weighted by molar-refractivity contribution is 0.0689. The van der Waals surface area contributed by atoms with Crippen LogP contribution in [0.5, 0.6) is 0 Å². The number of aromatic carboxylic acids is 1. The summed E-state index contributed by atoms with van der Waals surface area (Å²) in [5, 5.41) is 9.43. The van der Waals surface area contributed by atoms with E-state index in [0.29, 0.717) is 30.2 Å². The predicted octanol–water partition coefficient (Wildman–Crippen LogP) is 2.81. The van der Waals surface area contributed by atoms with Crippen molar-refractivity contribution in [1.29, 1.82) is 0 Å². The first-order valence-electron chi connectivity index (χ1n) is 8.17. The Balaban J connectivity index is 1.90. The summed E-state index contributed by atoms with van der Waals surface area (Å²) in [4.78, 5) is 31.8. The molecule has 1 fully saturated rings. The van der Waals surface area contributed by atoms with Crippen LogP contribution in [-0.4, -0.2) is 44.6 Å². The number of amides is 2. The van der Waals surface area contributed by atoms with Gasteiger partial charge in [-0.15, -0.1) is 0 Å². The summed E-state index contributed by atoms with van der Waals surface area (Å²) in [6, 6.07) is 3.33. The van der Waals surface area contributed by atoms with E-state index < -0.39 is 17.8 Å². The summed E-state index contributed by atoms with van der Waals surface area (Å²) in [6.45, 7) is 3.04. The zero-order valence-electron chi connectivity index (χ0n) is 13.6. The van der Waals surface area contributed by atoms with Crippen LogP contribution in [0.4, 0.5) is 14.9 Å². The highest BCUT2D eigenvalue weighted by molar-refractivity contribution is 5.97. The topological polar surface area (TPSA) is 78.7 Å². The molecule has 4 rings (SSSR count). The van der Waals surface area contributed by atoms with Crippen molar-refractivity contribution < 1.29 is 19.1 Å². The van der Waals surface area contributed by atoms with Crippen LogP contribution >= 0.6 is 0 Å². The summed E-state index contributed by atoms with van der Waals surface area (Å²) < 4.78 is 15.5. The van der Waals surface area contributed by atoms with Gasteiger partial charge in [-0.05, 0) is 38.0 Å². The number of rotatable bonds is 1. The largest absolute Gasteiger partial charge is 0.476 e. The minimum absolute atomic E-state index is 0.0957. The maximum absolute atomic E-state index is 13.9. The molecule has 1 aromatic carbocycles. The molecule has 1 aromatic heterocycles. The average Bonchev–Trinajstić information content (AvgIpc) is 3.24. The van der Waals surface area contributed by atoms with Crippen molar-refractivity contribution in [2.45, 2.75) is 25.8 Å². The molecule has 3 heterocycles. The molecular formula is C17H17FN4O3. The van der Waals surface area contributed by atoms with Gasteiger partial charge in [0.05, 0.1) is 23.1 Å². The Kier molecular flexibility index (Phi) is 3.48. The fraction of sp³-hybridized carbons (Fsp3) is 0.353. The van der Waals surface area contributed by atoms with E-state index in [4.69, 9.17) is 0 Å². The second kappa shape index (κ2) is 5.58. The molecule has 8 heteroatoms. The number of halogens is 1. The highest BCUT2D eigenvalue weighted by atomic mass is 19.1. The Bertz CT molecular complexity index is 873. The van der Waals surface area contributed by atoms with Gasteiger partial charge in [-0.2, -0.15) is 0 Å². The van der Waals surface area contributed by atoms with Gasteiger partial charge in [-0.3, -0.25) is 9.47 Å². The highest BCUT2D eigenvalue weighted by Gasteiger charge is 2.38. The van der Waals surface area contributed by atoms with Crippen LogP contribution < -0.4 is 4.90 Å². The van der Waals surface area contributed by atoms with E-state index in [9.17, 15) is 19.1 Å². The van der Waals surface area contributed by atoms with E-state index in [1.165, 1.54) is 29.4 Å². The van der Waals surface area contributed by atoms with E-state index in [0.717, 1.165) is 12.8 Å². The monoisotopic (exact) mass is 344 g/mol. The van der Waals surface area contributed by atoms with Crippen LogP contribution in [0.1, 0.15) is 42.0 Å². The van der Waals surface area contributed by atoms with Gasteiger partial charge in [-0.25, -0.2) is 19.0 Å². The van der Waals surface area contributed by atoms with Crippen molar-refractivity contribution in [2.24, 2.45) is 0 Å². The Morgan fingerprint density at radius 3 is 2.64 bits per heavy atom. The molecule has 2 aliphatic rings. The minimum atomic E-state index is -1.15. The number of fused-ring (bicyclic) bond motifs is 3. The third-order valence-electron chi connectivity index (χ3n) is 4.83. The zero-order chi connectivity index (χ0) is 17.7. The van der Waals surface area contributed by atoms with Crippen LogP contribution in [0.2, 0.25) is 0 Å². The van der Waals surface area contributed by atoms with Crippen molar-refractivity contribution in [3.8, 4) is 5.69 Å². The highest BCUT2D eigenvalue weighted by Crippen LogP contribution is 2.41. The number of urea groups is 1. The summed E-state index contributed by atoms with van der Waals surface area (Å²) in [7, 11) is 0. The van der Waals surface area contributed by atoms with Crippen LogP contribution in [0.15, 0.2) is 24.5 Å². The molecule has 2 amide bonds. The third-order valence-corrected chi connectivity index (χ3v) is 4.83. The van der Waals surface area contributed by atoms with Crippen molar-refractivity contribution in [3.63, 3.8) is 0 Å². The minimum Gasteiger partial charge on any atom is -0.476 e. The van der Waals surface area contributed by atoms with Gasteiger partial charge < -0.3 is 10.0 Å². The number of hydrogen-bond acceptors (Lipinski definition) is 3. The normalized spacial score (nSPS) is 18.9. The van der Waals surface area contributed by atoms with Gasteiger partial charge in [0.15, 0.2) is 5.69 Å². The third kappa shape index (κ3) is 2.28. The van der Waals surface area contributed by atoms with Crippen molar-refractivity contribution in [1.82, 2.24) is 14.5 Å². The van der Waals surface area contributed by atoms with Gasteiger partial charge in [0, 0.05) is 13.1 Å². The molecule has 1 N–H and O–H groups in total. The standard InChI is InChI=1S/C17H17FN4O3/c1-10-15-14(16(23)24)19-9-21(15)12-5-4-11(18)8-13(12)22(10)17(25)20-6-2-3-7-20/h4-5,8-10H,2-3,6-7H2,1H3,(H,23,24)/t10-/m1/s1. The van der Waals surface area contributed by atoms with Crippen molar-refractivity contribution >= 4 is 17.7 Å². The molecule has 2 aromatic rings. The number of benzene rings is 1. The lowest BCUT2D eigenvalue weighted by atomic mass is 10.1. The second-order valence-corrected chi connectivity index (χ2v) is 6.31. The van der Waals surface area contributed by atoms with E-state index >= 15 is 0 Å². The van der Waals surface area contributed by atoms with Crippen LogP contribution in [-0.2, 0) is 0 Å². The number of imidazole rings is 1. The smallest absolute Gasteiger partial charge is 0.356 e. The first-order chi connectivity index (χ1) is 12.0. The second-order valence-electron chi connectivity index (χ2n) is 6.31. The van der Waals surface area contributed by atoms with E-state index in [1.54, 1.807) is 16.4 Å². The van der Waals surface area contributed by atoms with Gasteiger partial charge >= 0.3 is 12.0 Å². The van der Waals surface area contributed by atoms with E-state index in [2.05, 4.69) is 4.98 Å². The molecule has 0 radical (unpaired) electrons. The molecule has 0 saturated carbocycles. The van der Waals surface area contributed by atoms with E-state index in [1.807, 2.05) is 0 Å². The molecule has 0 spiro atoms. The van der Waals surface area contributed by atoms with Crippen LogP contribution in [0.3, 0.4) is 0 Å². The molecule has 0 unspecified atom stereocenters. The Morgan fingerprint density at radius 1 is 1.24 bits per heavy atom. The number of carbonyl (C=O) groups excluding carboxylic acids is 1. The Hall–Kier alpha value is -2.90. The maximum Gasteiger partial charge on any atom is 0.356 e. The maximum atomic E-state index is 13.9. The van der Waals surface area contributed by atoms with Crippen LogP contribution in [0, 0.1) is 5.82 Å². The van der Waals surface area contributed by atoms with Crippen molar-refractivity contribution in [2.75, 3.05) is 18.0 Å². The van der Waals surface area contributed by atoms with E-state index in [-0.39, 0.29) is 11.7 Å². The van der Waals surface area contributed by atoms with Gasteiger partial charge in [0.1, 0.15) is 12.1 Å². The SMILES string of the molecule is C[C@@H]1c2c(C(=O)O)ncn2-c2ccc(F)cc2N1C(=O)N1CCCC1. The quantitative estimate of drug-likeness (QED) is 0.863. The number of aromatic nitrogens is 2. The number of likely N-dealkylation sites (tertiary alicyclic amines) is 1. The summed E-state index contributed by atoms with van der Waals surface area (Å²) >= 11 is 0. The van der Waals surface area contributed by atoms with Gasteiger partial charge in [0.2, 0.25) is 0 Å². The predicted molar refractivity (Wildman–Crippen MR) is 87.6 cm³/mol. The van der Waals surface area contributed by atoms with Crippen molar-refractivity contribution in [3.05, 3.63) is 41.7 Å². The first-order valence-corrected chi connectivity index (χ1v) is 8.17. The van der Waals surface area contributed by atoms with Gasteiger partial charge in [0.25, 0.3) is 0 Å². The number of anilines is 1. The number of carbonyl (C=O) groups is 2. The molecule has 130 valence electrons. The first kappa shape index (κ1) is 15.6. The number of carboxylic acid groups (broad SMARTS) is 1. The summed E-state index contributed by atoms with van der Waals surface area (Å²) in [6.07, 6.45) is 3.27. The molecule has 1 atom stereocenters. The molecule has 0 aliphatic carbocycles. The Morgan fingerprint density at radius 2 is 1.96 bits per heavy atom. The fourth-order valence-electron chi connectivity index (χ4n) is 3.67. The lowest BCUT2D eigenvalue weighted by Gasteiger charge is -2.38. The summed E-state index contributed by atoms with van der Waals surface area (Å²) in [5.41, 5.74) is 1.29. The molecule has 25 heavy (non-hydrogen) atoms. The lowest BCUT2D eigenvalue weighted by Crippen LogP contribution is -2.46. The Labute approximate surface area is 143 Å². The number of nitrogens with zero attached hydrogens (tertiary/aromatic N) is 4. The molecule has 7 nitrogen and oxygen atoms in total. The molecule has 2 aliphatic heterocycles. The molecule has 0 bridgehead atoms. The van der Waals surface area contributed by atoms with Gasteiger partial charge in [-0.1, -0.05) is 0 Å². The molecule has 1 saturated heterocycles. The fourth-order valence-corrected chi connectivity index (χ4v) is 3.67.